The third-order valence-electron chi connectivity index (χ3n) is 3.90. The molecule has 2 amide bonds. The van der Waals surface area contributed by atoms with Crippen LogP contribution in [-0.4, -0.2) is 32.9 Å². The summed E-state index contributed by atoms with van der Waals surface area (Å²) < 4.78 is 16.1. The molecule has 146 valence electrons. The average Bonchev–Trinajstić information content (AvgIpc) is 2.67. The molecule has 0 saturated carbocycles. The molecule has 0 aliphatic rings. The van der Waals surface area contributed by atoms with Gasteiger partial charge in [-0.2, -0.15) is 0 Å². The van der Waals surface area contributed by atoms with Gasteiger partial charge in [-0.25, -0.2) is 4.79 Å². The van der Waals surface area contributed by atoms with Crippen LogP contribution in [0.3, 0.4) is 0 Å². The SMILES string of the molecule is COc1ccc(CNC(=O)NCCc2ccc(OC(C)C)cc2)cc1OC. The minimum Gasteiger partial charge on any atom is -0.493 e. The van der Waals surface area contributed by atoms with E-state index in [0.29, 0.717) is 24.6 Å². The molecule has 6 nitrogen and oxygen atoms in total. The van der Waals surface area contributed by atoms with Gasteiger partial charge in [0.15, 0.2) is 11.5 Å². The highest BCUT2D eigenvalue weighted by Crippen LogP contribution is 2.27. The van der Waals surface area contributed by atoms with Crippen LogP contribution in [-0.2, 0) is 13.0 Å². The second kappa shape index (κ2) is 10.3. The molecule has 27 heavy (non-hydrogen) atoms. The van der Waals surface area contributed by atoms with Crippen LogP contribution >= 0.6 is 0 Å². The minimum atomic E-state index is -0.204. The van der Waals surface area contributed by atoms with Gasteiger partial charge >= 0.3 is 6.03 Å². The third kappa shape index (κ3) is 6.73. The van der Waals surface area contributed by atoms with E-state index >= 15 is 0 Å². The van der Waals surface area contributed by atoms with Crippen molar-refractivity contribution in [2.45, 2.75) is 32.9 Å². The first-order valence-electron chi connectivity index (χ1n) is 9.00. The molecule has 2 rings (SSSR count). The van der Waals surface area contributed by atoms with Gasteiger partial charge in [0.2, 0.25) is 0 Å². The number of carbonyl (C=O) groups excluding carboxylic acids is 1. The van der Waals surface area contributed by atoms with Crippen LogP contribution in [0.5, 0.6) is 17.2 Å². The summed E-state index contributed by atoms with van der Waals surface area (Å²) in [6, 6.07) is 13.3. The smallest absolute Gasteiger partial charge is 0.315 e. The van der Waals surface area contributed by atoms with E-state index in [1.807, 2.05) is 56.3 Å². The Hall–Kier alpha value is -2.89. The largest absolute Gasteiger partial charge is 0.493 e. The summed E-state index contributed by atoms with van der Waals surface area (Å²) >= 11 is 0. The average molecular weight is 372 g/mol. The lowest BCUT2D eigenvalue weighted by Gasteiger charge is -2.11. The minimum absolute atomic E-state index is 0.159. The molecule has 0 fully saturated rings. The first kappa shape index (κ1) is 20.4. The van der Waals surface area contributed by atoms with Gasteiger partial charge in [0.1, 0.15) is 5.75 Å². The molecule has 2 aromatic rings. The lowest BCUT2D eigenvalue weighted by Crippen LogP contribution is -2.36. The summed E-state index contributed by atoms with van der Waals surface area (Å²) in [5.74, 6) is 2.16. The third-order valence-corrected chi connectivity index (χ3v) is 3.90. The molecule has 0 aliphatic carbocycles. The van der Waals surface area contributed by atoms with E-state index in [9.17, 15) is 4.79 Å². The highest BCUT2D eigenvalue weighted by molar-refractivity contribution is 5.73. The molecular formula is C21H28N2O4. The monoisotopic (exact) mass is 372 g/mol. The van der Waals surface area contributed by atoms with Crippen molar-refractivity contribution in [3.05, 3.63) is 53.6 Å². The number of urea groups is 1. The van der Waals surface area contributed by atoms with Gasteiger partial charge in [0, 0.05) is 13.1 Å². The number of nitrogens with one attached hydrogen (secondary N) is 2. The fourth-order valence-corrected chi connectivity index (χ4v) is 2.56. The number of hydrogen-bond acceptors (Lipinski definition) is 4. The maximum Gasteiger partial charge on any atom is 0.315 e. The molecule has 0 atom stereocenters. The molecule has 0 heterocycles. The fraction of sp³-hybridized carbons (Fsp3) is 0.381. The molecule has 0 unspecified atom stereocenters. The predicted octanol–water partition coefficient (Wildman–Crippen LogP) is 3.53. The van der Waals surface area contributed by atoms with Crippen LogP contribution in [0.2, 0.25) is 0 Å². The molecule has 0 aliphatic heterocycles. The molecule has 2 aromatic carbocycles. The van der Waals surface area contributed by atoms with Crippen LogP contribution in [0.1, 0.15) is 25.0 Å². The van der Waals surface area contributed by atoms with E-state index in [1.54, 1.807) is 14.2 Å². The molecule has 0 bridgehead atoms. The van der Waals surface area contributed by atoms with Crippen molar-refractivity contribution in [3.63, 3.8) is 0 Å². The number of amides is 2. The maximum atomic E-state index is 12.0. The molecular weight excluding hydrogens is 344 g/mol. The zero-order chi connectivity index (χ0) is 19.6. The summed E-state index contributed by atoms with van der Waals surface area (Å²) in [6.07, 6.45) is 0.915. The van der Waals surface area contributed by atoms with Crippen LogP contribution in [0.15, 0.2) is 42.5 Å². The lowest BCUT2D eigenvalue weighted by molar-refractivity contribution is 0.240. The number of methoxy groups -OCH3 is 2. The maximum absolute atomic E-state index is 12.0. The van der Waals surface area contributed by atoms with E-state index in [2.05, 4.69) is 10.6 Å². The zero-order valence-electron chi connectivity index (χ0n) is 16.4. The Balaban J connectivity index is 1.73. The van der Waals surface area contributed by atoms with Crippen LogP contribution in [0.4, 0.5) is 4.79 Å². The van der Waals surface area contributed by atoms with Crippen LogP contribution < -0.4 is 24.8 Å². The van der Waals surface area contributed by atoms with Crippen molar-refractivity contribution >= 4 is 6.03 Å². The number of benzene rings is 2. The normalized spacial score (nSPS) is 10.4. The van der Waals surface area contributed by atoms with Crippen molar-refractivity contribution < 1.29 is 19.0 Å². The number of hydrogen-bond donors (Lipinski definition) is 2. The first-order valence-corrected chi connectivity index (χ1v) is 9.00. The van der Waals surface area contributed by atoms with E-state index in [-0.39, 0.29) is 12.1 Å². The van der Waals surface area contributed by atoms with Crippen LogP contribution in [0.25, 0.3) is 0 Å². The van der Waals surface area contributed by atoms with Crippen LogP contribution in [0, 0.1) is 0 Å². The Bertz CT molecular complexity index is 729. The van der Waals surface area contributed by atoms with Gasteiger partial charge in [-0.15, -0.1) is 0 Å². The van der Waals surface area contributed by atoms with E-state index in [0.717, 1.165) is 23.3 Å². The predicted molar refractivity (Wildman–Crippen MR) is 106 cm³/mol. The van der Waals surface area contributed by atoms with Crippen molar-refractivity contribution in [2.24, 2.45) is 0 Å². The van der Waals surface area contributed by atoms with Gasteiger partial charge < -0.3 is 24.8 Å². The molecule has 0 radical (unpaired) electrons. The van der Waals surface area contributed by atoms with E-state index in [1.165, 1.54) is 0 Å². The first-order chi connectivity index (χ1) is 13.0. The van der Waals surface area contributed by atoms with Gasteiger partial charge in [0.25, 0.3) is 0 Å². The molecule has 2 N–H and O–H groups in total. The highest BCUT2D eigenvalue weighted by atomic mass is 16.5. The number of carbonyl (C=O) groups is 1. The quantitative estimate of drug-likeness (QED) is 0.706. The summed E-state index contributed by atoms with van der Waals surface area (Å²) in [4.78, 5) is 12.0. The highest BCUT2D eigenvalue weighted by Gasteiger charge is 2.06. The molecule has 6 heteroatoms. The summed E-state index contributed by atoms with van der Waals surface area (Å²) in [7, 11) is 3.18. The van der Waals surface area contributed by atoms with Crippen molar-refractivity contribution in [1.29, 1.82) is 0 Å². The Morgan fingerprint density at radius 1 is 0.926 bits per heavy atom. The Morgan fingerprint density at radius 2 is 1.59 bits per heavy atom. The zero-order valence-corrected chi connectivity index (χ0v) is 16.4. The van der Waals surface area contributed by atoms with Crippen molar-refractivity contribution in [1.82, 2.24) is 10.6 Å². The Morgan fingerprint density at radius 3 is 2.22 bits per heavy atom. The van der Waals surface area contributed by atoms with E-state index in [4.69, 9.17) is 14.2 Å². The molecule has 0 aromatic heterocycles. The van der Waals surface area contributed by atoms with Gasteiger partial charge in [0.05, 0.1) is 20.3 Å². The lowest BCUT2D eigenvalue weighted by atomic mass is 10.1. The van der Waals surface area contributed by atoms with Crippen molar-refractivity contribution in [3.8, 4) is 17.2 Å². The summed E-state index contributed by atoms with van der Waals surface area (Å²) in [5.41, 5.74) is 2.08. The number of rotatable bonds is 9. The second-order valence-electron chi connectivity index (χ2n) is 6.36. The summed E-state index contributed by atoms with van der Waals surface area (Å²) in [5, 5.41) is 5.70. The van der Waals surface area contributed by atoms with E-state index < -0.39 is 0 Å². The van der Waals surface area contributed by atoms with Gasteiger partial charge in [-0.1, -0.05) is 18.2 Å². The second-order valence-corrected chi connectivity index (χ2v) is 6.36. The number of ether oxygens (including phenoxy) is 3. The van der Waals surface area contributed by atoms with Gasteiger partial charge in [-0.05, 0) is 55.7 Å². The standard InChI is InChI=1S/C21H28N2O4/c1-15(2)27-18-8-5-16(6-9-18)11-12-22-21(24)23-14-17-7-10-19(25-3)20(13-17)26-4/h5-10,13,15H,11-12,14H2,1-4H3,(H2,22,23,24). The van der Waals surface area contributed by atoms with Gasteiger partial charge in [-0.3, -0.25) is 0 Å². The Labute approximate surface area is 160 Å². The Kier molecular flexibility index (Phi) is 7.79. The molecule has 0 saturated heterocycles. The molecule has 0 spiro atoms. The fourth-order valence-electron chi connectivity index (χ4n) is 2.56. The summed E-state index contributed by atoms with van der Waals surface area (Å²) in [6.45, 7) is 4.96. The van der Waals surface area contributed by atoms with Crippen molar-refractivity contribution in [2.75, 3.05) is 20.8 Å². The topological polar surface area (TPSA) is 68.8 Å².